The van der Waals surface area contributed by atoms with Crippen LogP contribution in [0.4, 0.5) is 0 Å². The average Bonchev–Trinajstić information content (AvgIpc) is 3.56. The predicted octanol–water partition coefficient (Wildman–Crippen LogP) is 4.87. The molecule has 0 saturated carbocycles. The first-order valence-electron chi connectivity index (χ1n) is 11.4. The van der Waals surface area contributed by atoms with Gasteiger partial charge in [0.1, 0.15) is 11.4 Å². The molecule has 10 nitrogen and oxygen atoms in total. The van der Waals surface area contributed by atoms with E-state index in [9.17, 15) is 5.11 Å². The maximum atomic E-state index is 9.51. The van der Waals surface area contributed by atoms with Gasteiger partial charge in [-0.05, 0) is 24.3 Å². The van der Waals surface area contributed by atoms with Gasteiger partial charge in [0.05, 0.1) is 41.8 Å². The lowest BCUT2D eigenvalue weighted by Crippen LogP contribution is -1.95. The fourth-order valence-electron chi connectivity index (χ4n) is 3.92. The number of halogens is 2. The van der Waals surface area contributed by atoms with Gasteiger partial charge in [-0.3, -0.25) is 9.36 Å². The van der Waals surface area contributed by atoms with Crippen LogP contribution in [-0.4, -0.2) is 51.7 Å². The van der Waals surface area contributed by atoms with Crippen LogP contribution in [0.2, 0.25) is 10.0 Å². The van der Waals surface area contributed by atoms with E-state index in [1.165, 1.54) is 0 Å². The zero-order valence-electron chi connectivity index (χ0n) is 20.7. The minimum atomic E-state index is -0.113. The van der Waals surface area contributed by atoms with E-state index in [2.05, 4.69) is 30.1 Å². The Hall–Kier alpha value is -4.12. The smallest absolute Gasteiger partial charge is 0.161 e. The van der Waals surface area contributed by atoms with Gasteiger partial charge in [-0.15, -0.1) is 0 Å². The van der Waals surface area contributed by atoms with Crippen molar-refractivity contribution >= 4 is 45.3 Å². The van der Waals surface area contributed by atoms with Crippen LogP contribution in [0.5, 0.6) is 5.75 Å². The molecule has 0 spiro atoms. The highest BCUT2D eigenvalue weighted by molar-refractivity contribution is 6.35. The van der Waals surface area contributed by atoms with E-state index in [4.69, 9.17) is 27.9 Å². The van der Waals surface area contributed by atoms with Crippen molar-refractivity contribution in [3.63, 3.8) is 0 Å². The molecule has 192 valence electrons. The van der Waals surface area contributed by atoms with E-state index in [1.807, 2.05) is 38.6 Å². The molecule has 0 saturated heterocycles. The molecule has 6 aromatic rings. The number of aromatic nitrogens is 8. The summed E-state index contributed by atoms with van der Waals surface area (Å²) in [7, 11) is 5.29. The van der Waals surface area contributed by atoms with E-state index < -0.39 is 0 Å². The van der Waals surface area contributed by atoms with Gasteiger partial charge in [-0.2, -0.15) is 10.2 Å². The first-order chi connectivity index (χ1) is 18.4. The summed E-state index contributed by atoms with van der Waals surface area (Å²) in [5, 5.41) is 20.4. The number of methoxy groups -OCH3 is 1. The van der Waals surface area contributed by atoms with Gasteiger partial charge in [-0.1, -0.05) is 23.2 Å². The van der Waals surface area contributed by atoms with Crippen molar-refractivity contribution in [3.8, 4) is 28.3 Å². The monoisotopic (exact) mass is 548 g/mol. The molecule has 0 radical (unpaired) electrons. The van der Waals surface area contributed by atoms with Crippen LogP contribution in [0.3, 0.4) is 0 Å². The number of hydrogen-bond donors (Lipinski definition) is 1. The average molecular weight is 549 g/mol. The number of nitrogens with zero attached hydrogens (tertiary/aromatic N) is 8. The van der Waals surface area contributed by atoms with E-state index in [1.54, 1.807) is 53.4 Å². The fraction of sp³-hybridized carbons (Fsp3) is 0.154. The Morgan fingerprint density at radius 2 is 1.34 bits per heavy atom. The van der Waals surface area contributed by atoms with Gasteiger partial charge >= 0.3 is 0 Å². The highest BCUT2D eigenvalue weighted by atomic mass is 35.5. The Balaban J connectivity index is 0.000000155. The number of ether oxygens (including phenoxy) is 1. The topological polar surface area (TPSA) is 117 Å². The van der Waals surface area contributed by atoms with Crippen molar-refractivity contribution < 1.29 is 9.84 Å². The summed E-state index contributed by atoms with van der Waals surface area (Å²) < 4.78 is 8.79. The zero-order valence-corrected chi connectivity index (χ0v) is 22.2. The third-order valence-corrected chi connectivity index (χ3v) is 6.40. The maximum Gasteiger partial charge on any atom is 0.161 e. The van der Waals surface area contributed by atoms with Crippen molar-refractivity contribution in [1.82, 2.24) is 39.5 Å². The second kappa shape index (κ2) is 10.7. The normalized spacial score (nSPS) is 11.0. The van der Waals surface area contributed by atoms with Crippen LogP contribution >= 0.6 is 23.2 Å². The van der Waals surface area contributed by atoms with Gasteiger partial charge in [0, 0.05) is 66.3 Å². The molecular formula is C26H22Cl2N8O2. The highest BCUT2D eigenvalue weighted by Crippen LogP contribution is 2.33. The Bertz CT molecular complexity index is 1640. The predicted molar refractivity (Wildman–Crippen MR) is 146 cm³/mol. The Morgan fingerprint density at radius 1 is 0.816 bits per heavy atom. The number of aryl methyl sites for hydroxylation is 2. The summed E-state index contributed by atoms with van der Waals surface area (Å²) in [6, 6.07) is 7.10. The molecular weight excluding hydrogens is 527 g/mol. The molecule has 0 fully saturated rings. The van der Waals surface area contributed by atoms with Crippen LogP contribution in [0.15, 0.2) is 61.4 Å². The molecule has 0 unspecified atom stereocenters. The van der Waals surface area contributed by atoms with E-state index in [0.29, 0.717) is 44.0 Å². The van der Waals surface area contributed by atoms with Crippen molar-refractivity contribution in [3.05, 3.63) is 77.1 Å². The van der Waals surface area contributed by atoms with Crippen LogP contribution in [0, 0.1) is 0 Å². The van der Waals surface area contributed by atoms with Crippen LogP contribution in [0.1, 0.15) is 5.56 Å². The first kappa shape index (κ1) is 25.5. The zero-order chi connectivity index (χ0) is 26.8. The van der Waals surface area contributed by atoms with E-state index >= 15 is 0 Å². The Labute approximate surface area is 227 Å². The molecule has 0 atom stereocenters. The number of pyridine rings is 4. The summed E-state index contributed by atoms with van der Waals surface area (Å²) in [6.07, 6.45) is 10.4. The van der Waals surface area contributed by atoms with Crippen LogP contribution in [0.25, 0.3) is 44.6 Å². The molecule has 6 heterocycles. The second-order valence-corrected chi connectivity index (χ2v) is 9.14. The molecule has 12 heteroatoms. The number of hydrogen-bond acceptors (Lipinski definition) is 8. The number of rotatable bonds is 4. The summed E-state index contributed by atoms with van der Waals surface area (Å²) in [6.45, 7) is -0.113. The molecule has 0 aliphatic carbocycles. The standard InChI is InChI=1S/2C13H11ClN4O/c1-18-7-8(6-16-18)12-11(19-2)5-9-10(14)3-4-15-13(9)17-12;1-18-6-9(5-16-18)12-8(7-19)4-10-11(14)2-3-15-13(10)17-12/h3-7H,1-2H3;2-6,19H,7H2,1H3. The molecule has 1 N–H and O–H groups in total. The SMILES string of the molecule is COc1cc2c(Cl)ccnc2nc1-c1cnn(C)c1.Cn1cc(-c2nc3nccc(Cl)c3cc2CO)cn1. The van der Waals surface area contributed by atoms with Gasteiger partial charge in [-0.25, -0.2) is 19.9 Å². The third-order valence-electron chi connectivity index (χ3n) is 5.75. The lowest BCUT2D eigenvalue weighted by atomic mass is 10.1. The van der Waals surface area contributed by atoms with E-state index in [0.717, 1.165) is 21.9 Å². The molecule has 0 aliphatic heterocycles. The summed E-state index contributed by atoms with van der Waals surface area (Å²) in [4.78, 5) is 17.4. The fourth-order valence-corrected chi connectivity index (χ4v) is 4.32. The van der Waals surface area contributed by atoms with Gasteiger partial charge < -0.3 is 9.84 Å². The highest BCUT2D eigenvalue weighted by Gasteiger charge is 2.14. The summed E-state index contributed by atoms with van der Waals surface area (Å²) in [5.41, 5.74) is 4.96. The van der Waals surface area contributed by atoms with E-state index in [-0.39, 0.29) is 6.61 Å². The summed E-state index contributed by atoms with van der Waals surface area (Å²) in [5.74, 6) is 0.649. The minimum Gasteiger partial charge on any atom is -0.494 e. The maximum absolute atomic E-state index is 9.51. The second-order valence-electron chi connectivity index (χ2n) is 8.33. The molecule has 0 aliphatic rings. The van der Waals surface area contributed by atoms with Crippen LogP contribution in [-0.2, 0) is 20.7 Å². The molecule has 38 heavy (non-hydrogen) atoms. The van der Waals surface area contributed by atoms with Crippen molar-refractivity contribution in [2.24, 2.45) is 14.1 Å². The minimum absolute atomic E-state index is 0.113. The van der Waals surface area contributed by atoms with Crippen molar-refractivity contribution in [2.45, 2.75) is 6.61 Å². The Kier molecular flexibility index (Phi) is 7.19. The molecule has 6 aromatic heterocycles. The number of fused-ring (bicyclic) bond motifs is 2. The molecule has 0 amide bonds. The Morgan fingerprint density at radius 3 is 1.84 bits per heavy atom. The van der Waals surface area contributed by atoms with Crippen molar-refractivity contribution in [1.29, 1.82) is 0 Å². The van der Waals surface area contributed by atoms with Gasteiger partial charge in [0.2, 0.25) is 0 Å². The van der Waals surface area contributed by atoms with Gasteiger partial charge in [0.25, 0.3) is 0 Å². The lowest BCUT2D eigenvalue weighted by Gasteiger charge is -2.08. The molecule has 6 rings (SSSR count). The third kappa shape index (κ3) is 5.01. The van der Waals surface area contributed by atoms with Crippen LogP contribution < -0.4 is 4.74 Å². The first-order valence-corrected chi connectivity index (χ1v) is 12.2. The summed E-state index contributed by atoms with van der Waals surface area (Å²) >= 11 is 12.2. The molecule has 0 aromatic carbocycles. The number of aliphatic hydroxyl groups excluding tert-OH is 1. The largest absolute Gasteiger partial charge is 0.494 e. The quantitative estimate of drug-likeness (QED) is 0.331. The number of aliphatic hydroxyl groups is 1. The lowest BCUT2D eigenvalue weighted by molar-refractivity contribution is 0.282. The molecule has 0 bridgehead atoms. The van der Waals surface area contributed by atoms with Gasteiger partial charge in [0.15, 0.2) is 11.3 Å². The van der Waals surface area contributed by atoms with Crippen molar-refractivity contribution in [2.75, 3.05) is 7.11 Å².